The van der Waals surface area contributed by atoms with Crippen molar-refractivity contribution in [3.05, 3.63) is 18.2 Å². The molecule has 1 heterocycles. The topological polar surface area (TPSA) is 79.2 Å². The number of aromatic nitrogens is 2. The van der Waals surface area contributed by atoms with E-state index in [2.05, 4.69) is 29.5 Å². The van der Waals surface area contributed by atoms with E-state index < -0.39 is 18.2 Å². The van der Waals surface area contributed by atoms with Gasteiger partial charge in [0.15, 0.2) is 0 Å². The van der Waals surface area contributed by atoms with Gasteiger partial charge in [0.05, 0.1) is 12.1 Å². The summed E-state index contributed by atoms with van der Waals surface area (Å²) in [6, 6.07) is -0.534. The third-order valence-electron chi connectivity index (χ3n) is 3.26. The minimum absolute atomic E-state index is 0.0664. The smallest absolute Gasteiger partial charge is 0.319 e. The second-order valence-corrected chi connectivity index (χ2v) is 5.99. The summed E-state index contributed by atoms with van der Waals surface area (Å²) in [4.78, 5) is 15.4. The van der Waals surface area contributed by atoms with Gasteiger partial charge in [-0.25, -0.2) is 9.78 Å². The molecule has 2 amide bonds. The van der Waals surface area contributed by atoms with Crippen LogP contribution < -0.4 is 10.6 Å². The number of urea groups is 1. The Morgan fingerprint density at radius 1 is 1.45 bits per heavy atom. The number of imidazole rings is 1. The maximum absolute atomic E-state index is 12.6. The Kier molecular flexibility index (Phi) is 6.73. The van der Waals surface area contributed by atoms with Crippen molar-refractivity contribution in [2.24, 2.45) is 5.92 Å². The minimum Gasteiger partial charge on any atom is -0.388 e. The maximum Gasteiger partial charge on any atom is 0.319 e. The van der Waals surface area contributed by atoms with Gasteiger partial charge in [-0.3, -0.25) is 4.57 Å². The Balaban J connectivity index is 2.36. The lowest BCUT2D eigenvalue weighted by Gasteiger charge is -2.24. The number of aliphatic hydroxyl groups is 1. The Morgan fingerprint density at radius 2 is 2.14 bits per heavy atom. The summed E-state index contributed by atoms with van der Waals surface area (Å²) in [5.74, 6) is 0.533. The maximum atomic E-state index is 12.6. The third-order valence-corrected chi connectivity index (χ3v) is 3.26. The molecule has 1 aromatic rings. The van der Waals surface area contributed by atoms with Crippen molar-refractivity contribution >= 4 is 6.03 Å². The number of hydrogen-bond donors (Lipinski definition) is 3. The summed E-state index contributed by atoms with van der Waals surface area (Å²) in [5, 5.41) is 15.1. The van der Waals surface area contributed by atoms with Crippen LogP contribution in [0.5, 0.6) is 0 Å². The highest BCUT2D eigenvalue weighted by Crippen LogP contribution is 2.15. The molecule has 0 aromatic carbocycles. The van der Waals surface area contributed by atoms with Crippen LogP contribution in [0, 0.1) is 5.92 Å². The van der Waals surface area contributed by atoms with Crippen molar-refractivity contribution in [1.29, 1.82) is 0 Å². The average Bonchev–Trinajstić information content (AvgIpc) is 2.89. The van der Waals surface area contributed by atoms with Crippen molar-refractivity contribution in [1.82, 2.24) is 20.2 Å². The lowest BCUT2D eigenvalue weighted by molar-refractivity contribution is 0.0476. The molecule has 1 aromatic heterocycles. The first-order chi connectivity index (χ1) is 10.2. The fourth-order valence-corrected chi connectivity index (χ4v) is 1.84. The van der Waals surface area contributed by atoms with Crippen molar-refractivity contribution in [3.63, 3.8) is 0 Å². The van der Waals surface area contributed by atoms with Gasteiger partial charge < -0.3 is 15.7 Å². The number of alkyl halides is 2. The van der Waals surface area contributed by atoms with E-state index in [4.69, 9.17) is 0 Å². The number of carbonyl (C=O) groups excluding carboxylic acids is 1. The monoisotopic (exact) mass is 318 g/mol. The van der Waals surface area contributed by atoms with Crippen molar-refractivity contribution in [2.45, 2.75) is 52.3 Å². The summed E-state index contributed by atoms with van der Waals surface area (Å²) in [6.07, 6.45) is 3.82. The van der Waals surface area contributed by atoms with Crippen LogP contribution in [0.4, 0.5) is 13.6 Å². The first-order valence-corrected chi connectivity index (χ1v) is 7.25. The number of carbonyl (C=O) groups is 1. The van der Waals surface area contributed by atoms with E-state index in [9.17, 15) is 18.7 Å². The predicted molar refractivity (Wildman–Crippen MR) is 78.4 cm³/mol. The van der Waals surface area contributed by atoms with Gasteiger partial charge in [0.25, 0.3) is 0 Å². The third kappa shape index (κ3) is 6.38. The van der Waals surface area contributed by atoms with E-state index in [1.165, 1.54) is 6.20 Å². The number of halogens is 2. The first kappa shape index (κ1) is 18.3. The predicted octanol–water partition coefficient (Wildman–Crippen LogP) is 2.26. The van der Waals surface area contributed by atoms with Gasteiger partial charge in [0, 0.05) is 18.9 Å². The van der Waals surface area contributed by atoms with Crippen molar-refractivity contribution in [3.8, 4) is 0 Å². The van der Waals surface area contributed by atoms with E-state index in [1.807, 2.05) is 0 Å². The molecule has 0 saturated carbocycles. The van der Waals surface area contributed by atoms with Gasteiger partial charge in [0.2, 0.25) is 0 Å². The molecule has 3 N–H and O–H groups in total. The highest BCUT2D eigenvalue weighted by molar-refractivity contribution is 5.73. The molecule has 0 aliphatic rings. The highest BCUT2D eigenvalue weighted by Gasteiger charge is 2.21. The molecule has 1 rings (SSSR count). The van der Waals surface area contributed by atoms with Gasteiger partial charge in [-0.15, -0.1) is 0 Å². The summed E-state index contributed by atoms with van der Waals surface area (Å²) < 4.78 is 25.9. The number of amides is 2. The zero-order chi connectivity index (χ0) is 16.8. The minimum atomic E-state index is -2.70. The largest absolute Gasteiger partial charge is 0.388 e. The summed E-state index contributed by atoms with van der Waals surface area (Å²) in [7, 11) is 0. The molecule has 8 heteroatoms. The summed E-state index contributed by atoms with van der Waals surface area (Å²) >= 11 is 0. The fourth-order valence-electron chi connectivity index (χ4n) is 1.84. The second-order valence-electron chi connectivity index (χ2n) is 5.99. The van der Waals surface area contributed by atoms with Crippen LogP contribution in [0.3, 0.4) is 0 Å². The van der Waals surface area contributed by atoms with E-state index >= 15 is 0 Å². The SMILES string of the molecule is CC(C)CCC(C)(O)CNC(=O)NCc1nccn1C(F)F. The van der Waals surface area contributed by atoms with Crippen LogP contribution in [-0.2, 0) is 6.54 Å². The number of hydrogen-bond acceptors (Lipinski definition) is 3. The standard InChI is InChI=1S/C14H24F2N4O2/c1-10(2)4-5-14(3,22)9-19-13(21)18-8-11-17-6-7-20(11)12(15)16/h6-7,10,12,22H,4-5,8-9H2,1-3H3,(H2,18,19,21). The zero-order valence-corrected chi connectivity index (χ0v) is 13.1. The molecule has 0 fully saturated rings. The Bertz CT molecular complexity index is 475. The highest BCUT2D eigenvalue weighted by atomic mass is 19.3. The van der Waals surface area contributed by atoms with Gasteiger partial charge >= 0.3 is 12.6 Å². The zero-order valence-electron chi connectivity index (χ0n) is 13.1. The van der Waals surface area contributed by atoms with E-state index in [1.54, 1.807) is 6.92 Å². The lowest BCUT2D eigenvalue weighted by Crippen LogP contribution is -2.45. The van der Waals surface area contributed by atoms with Crippen LogP contribution in [0.2, 0.25) is 0 Å². The molecular formula is C14H24F2N4O2. The van der Waals surface area contributed by atoms with E-state index in [0.717, 1.165) is 12.6 Å². The molecule has 1 atom stereocenters. The van der Waals surface area contributed by atoms with Crippen LogP contribution in [0.15, 0.2) is 12.4 Å². The molecule has 0 saturated heterocycles. The summed E-state index contributed by atoms with van der Waals surface area (Å²) in [5.41, 5.74) is -0.997. The molecule has 22 heavy (non-hydrogen) atoms. The molecule has 6 nitrogen and oxygen atoms in total. The number of nitrogens with zero attached hydrogens (tertiary/aromatic N) is 2. The van der Waals surface area contributed by atoms with Gasteiger partial charge in [-0.2, -0.15) is 8.78 Å². The first-order valence-electron chi connectivity index (χ1n) is 7.25. The average molecular weight is 318 g/mol. The molecule has 0 bridgehead atoms. The van der Waals surface area contributed by atoms with Gasteiger partial charge in [0.1, 0.15) is 5.82 Å². The second kappa shape index (κ2) is 8.07. The summed E-state index contributed by atoms with van der Waals surface area (Å²) in [6.45, 7) is 3.05. The normalized spacial score (nSPS) is 14.2. The van der Waals surface area contributed by atoms with Crippen LogP contribution in [-0.4, -0.2) is 32.8 Å². The Hall–Kier alpha value is -1.70. The Morgan fingerprint density at radius 3 is 2.73 bits per heavy atom. The molecule has 1 unspecified atom stereocenters. The lowest BCUT2D eigenvalue weighted by atomic mass is 9.95. The van der Waals surface area contributed by atoms with E-state index in [0.29, 0.717) is 16.9 Å². The number of rotatable bonds is 8. The molecule has 126 valence electrons. The van der Waals surface area contributed by atoms with Crippen LogP contribution >= 0.6 is 0 Å². The molecule has 0 aliphatic heterocycles. The molecule has 0 aliphatic carbocycles. The Labute approximate surface area is 128 Å². The van der Waals surface area contributed by atoms with Gasteiger partial charge in [-0.1, -0.05) is 13.8 Å². The number of nitrogens with one attached hydrogen (secondary N) is 2. The molecule has 0 spiro atoms. The molecular weight excluding hydrogens is 294 g/mol. The molecule has 0 radical (unpaired) electrons. The van der Waals surface area contributed by atoms with Crippen molar-refractivity contribution in [2.75, 3.05) is 6.54 Å². The van der Waals surface area contributed by atoms with Crippen LogP contribution in [0.25, 0.3) is 0 Å². The van der Waals surface area contributed by atoms with Crippen LogP contribution in [0.1, 0.15) is 46.0 Å². The van der Waals surface area contributed by atoms with Crippen molar-refractivity contribution < 1.29 is 18.7 Å². The quantitative estimate of drug-likeness (QED) is 0.688. The van der Waals surface area contributed by atoms with E-state index in [-0.39, 0.29) is 18.9 Å². The fraction of sp³-hybridized carbons (Fsp3) is 0.714. The van der Waals surface area contributed by atoms with Gasteiger partial charge in [-0.05, 0) is 25.7 Å².